The predicted molar refractivity (Wildman–Crippen MR) is 88.2 cm³/mol. The highest BCUT2D eigenvalue weighted by atomic mass is 32.2. The molecule has 0 amide bonds. The molecule has 1 N–H and O–H groups in total. The Balaban J connectivity index is 1.86. The number of rotatable bonds is 6. The van der Waals surface area contributed by atoms with Crippen LogP contribution < -0.4 is 5.32 Å². The van der Waals surface area contributed by atoms with E-state index in [0.29, 0.717) is 12.0 Å². The molecule has 3 atom stereocenters. The Morgan fingerprint density at radius 1 is 1.15 bits per heavy atom. The molecule has 0 aromatic carbocycles. The van der Waals surface area contributed by atoms with Crippen molar-refractivity contribution in [3.05, 3.63) is 0 Å². The van der Waals surface area contributed by atoms with E-state index >= 15 is 0 Å². The fourth-order valence-electron chi connectivity index (χ4n) is 3.69. The Kier molecular flexibility index (Phi) is 6.24. The summed E-state index contributed by atoms with van der Waals surface area (Å²) in [4.78, 5) is 0. The zero-order valence-corrected chi connectivity index (χ0v) is 14.4. The highest BCUT2D eigenvalue weighted by molar-refractivity contribution is 7.99. The van der Waals surface area contributed by atoms with Crippen molar-refractivity contribution in [2.24, 2.45) is 5.92 Å². The van der Waals surface area contributed by atoms with Gasteiger partial charge < -0.3 is 5.32 Å². The summed E-state index contributed by atoms with van der Waals surface area (Å²) >= 11 is 2.11. The molecule has 20 heavy (non-hydrogen) atoms. The lowest BCUT2D eigenvalue weighted by Crippen LogP contribution is -2.41. The van der Waals surface area contributed by atoms with Crippen molar-refractivity contribution >= 4 is 21.6 Å². The van der Waals surface area contributed by atoms with E-state index in [9.17, 15) is 8.42 Å². The molecule has 3 nitrogen and oxygen atoms in total. The van der Waals surface area contributed by atoms with Gasteiger partial charge in [0.1, 0.15) is 9.84 Å². The molecule has 5 heteroatoms. The van der Waals surface area contributed by atoms with E-state index in [1.165, 1.54) is 38.4 Å². The molecule has 2 saturated carbocycles. The second-order valence-electron chi connectivity index (χ2n) is 6.51. The Bertz CT molecular complexity index is 391. The first-order chi connectivity index (χ1) is 9.50. The van der Waals surface area contributed by atoms with Crippen LogP contribution in [0, 0.1) is 5.92 Å². The van der Waals surface area contributed by atoms with Gasteiger partial charge in [0, 0.05) is 23.3 Å². The molecule has 0 heterocycles. The van der Waals surface area contributed by atoms with Crippen molar-refractivity contribution in [1.29, 1.82) is 0 Å². The SMILES string of the molecule is CNC(CSC1CCCC1)C1CCCC(S(C)(=O)=O)C1. The Morgan fingerprint density at radius 2 is 1.85 bits per heavy atom. The van der Waals surface area contributed by atoms with Crippen LogP contribution in [0.4, 0.5) is 0 Å². The van der Waals surface area contributed by atoms with E-state index in [0.717, 1.165) is 30.3 Å². The average molecular weight is 320 g/mol. The van der Waals surface area contributed by atoms with Crippen LogP contribution in [-0.2, 0) is 9.84 Å². The summed E-state index contributed by atoms with van der Waals surface area (Å²) in [6.07, 6.45) is 10.9. The van der Waals surface area contributed by atoms with Gasteiger partial charge in [-0.15, -0.1) is 0 Å². The lowest BCUT2D eigenvalue weighted by Gasteiger charge is -2.34. The van der Waals surface area contributed by atoms with E-state index in [2.05, 4.69) is 17.1 Å². The summed E-state index contributed by atoms with van der Waals surface area (Å²) < 4.78 is 23.6. The third kappa shape index (κ3) is 4.63. The topological polar surface area (TPSA) is 46.2 Å². The fourth-order valence-corrected chi connectivity index (χ4v) is 6.46. The van der Waals surface area contributed by atoms with Crippen LogP contribution in [0.25, 0.3) is 0 Å². The van der Waals surface area contributed by atoms with Gasteiger partial charge in [0.25, 0.3) is 0 Å². The van der Waals surface area contributed by atoms with E-state index in [1.807, 2.05) is 7.05 Å². The molecular weight excluding hydrogens is 290 g/mol. The monoisotopic (exact) mass is 319 g/mol. The van der Waals surface area contributed by atoms with Gasteiger partial charge in [0.05, 0.1) is 5.25 Å². The molecule has 0 aromatic rings. The molecule has 0 bridgehead atoms. The van der Waals surface area contributed by atoms with Crippen LogP contribution in [-0.4, -0.2) is 44.0 Å². The summed E-state index contributed by atoms with van der Waals surface area (Å²) in [7, 11) is -0.834. The largest absolute Gasteiger partial charge is 0.316 e. The molecule has 0 aliphatic heterocycles. The van der Waals surface area contributed by atoms with Crippen LogP contribution in [0.15, 0.2) is 0 Å². The van der Waals surface area contributed by atoms with Gasteiger partial charge in [0.2, 0.25) is 0 Å². The van der Waals surface area contributed by atoms with E-state index in [-0.39, 0.29) is 5.25 Å². The normalized spacial score (nSPS) is 30.5. The second-order valence-corrected chi connectivity index (χ2v) is 10.2. The molecule has 0 radical (unpaired) electrons. The standard InChI is InChI=1S/C15H29NO2S2/c1-16-15(11-19-13-7-3-4-8-13)12-6-5-9-14(10-12)20(2,17)18/h12-16H,3-11H2,1-2H3. The van der Waals surface area contributed by atoms with Gasteiger partial charge in [-0.05, 0) is 45.1 Å². The van der Waals surface area contributed by atoms with Gasteiger partial charge in [0.15, 0.2) is 0 Å². The van der Waals surface area contributed by atoms with E-state index in [1.54, 1.807) is 0 Å². The molecule has 118 valence electrons. The van der Waals surface area contributed by atoms with Gasteiger partial charge in [-0.2, -0.15) is 11.8 Å². The molecule has 2 aliphatic carbocycles. The third-order valence-corrected chi connectivity index (χ3v) is 8.16. The van der Waals surface area contributed by atoms with E-state index < -0.39 is 9.84 Å². The zero-order valence-electron chi connectivity index (χ0n) is 12.8. The van der Waals surface area contributed by atoms with Crippen LogP contribution in [0.3, 0.4) is 0 Å². The number of nitrogens with one attached hydrogen (secondary N) is 1. The fraction of sp³-hybridized carbons (Fsp3) is 1.00. The number of hydrogen-bond acceptors (Lipinski definition) is 4. The first kappa shape index (κ1) is 16.6. The van der Waals surface area contributed by atoms with Crippen LogP contribution >= 0.6 is 11.8 Å². The summed E-state index contributed by atoms with van der Waals surface area (Å²) in [5.74, 6) is 1.67. The maximum atomic E-state index is 11.8. The number of sulfone groups is 1. The summed E-state index contributed by atoms with van der Waals surface area (Å²) in [6.45, 7) is 0. The van der Waals surface area contributed by atoms with Gasteiger partial charge in [-0.3, -0.25) is 0 Å². The summed E-state index contributed by atoms with van der Waals surface area (Å²) in [5, 5.41) is 4.20. The summed E-state index contributed by atoms with van der Waals surface area (Å²) in [5.41, 5.74) is 0. The predicted octanol–water partition coefficient (Wildman–Crippen LogP) is 2.85. The maximum Gasteiger partial charge on any atom is 0.150 e. The lowest BCUT2D eigenvalue weighted by molar-refractivity contribution is 0.295. The molecule has 0 saturated heterocycles. The van der Waals surface area contributed by atoms with Crippen molar-refractivity contribution in [3.8, 4) is 0 Å². The minimum Gasteiger partial charge on any atom is -0.316 e. The smallest absolute Gasteiger partial charge is 0.150 e. The number of thioether (sulfide) groups is 1. The highest BCUT2D eigenvalue weighted by Gasteiger charge is 2.32. The average Bonchev–Trinajstić information content (AvgIpc) is 2.92. The number of hydrogen-bond donors (Lipinski definition) is 1. The summed E-state index contributed by atoms with van der Waals surface area (Å²) in [6, 6.07) is 0.477. The Hall–Kier alpha value is 0.260. The molecule has 3 unspecified atom stereocenters. The first-order valence-electron chi connectivity index (χ1n) is 7.98. The second kappa shape index (κ2) is 7.50. The Morgan fingerprint density at radius 3 is 2.45 bits per heavy atom. The third-order valence-electron chi connectivity index (χ3n) is 5.03. The van der Waals surface area contributed by atoms with Crippen molar-refractivity contribution < 1.29 is 8.42 Å². The van der Waals surface area contributed by atoms with Crippen LogP contribution in [0.2, 0.25) is 0 Å². The van der Waals surface area contributed by atoms with Crippen LogP contribution in [0.5, 0.6) is 0 Å². The minimum absolute atomic E-state index is 0.103. The van der Waals surface area contributed by atoms with Gasteiger partial charge in [-0.1, -0.05) is 19.3 Å². The highest BCUT2D eigenvalue weighted by Crippen LogP contribution is 2.34. The molecule has 2 aliphatic rings. The van der Waals surface area contributed by atoms with Crippen molar-refractivity contribution in [2.45, 2.75) is 67.9 Å². The van der Waals surface area contributed by atoms with Crippen molar-refractivity contribution in [1.82, 2.24) is 5.32 Å². The van der Waals surface area contributed by atoms with Crippen LogP contribution in [0.1, 0.15) is 51.4 Å². The zero-order chi connectivity index (χ0) is 14.6. The quantitative estimate of drug-likeness (QED) is 0.818. The maximum absolute atomic E-state index is 11.8. The molecular formula is C15H29NO2S2. The van der Waals surface area contributed by atoms with Gasteiger partial charge in [-0.25, -0.2) is 8.42 Å². The molecule has 2 fully saturated rings. The molecule has 0 aromatic heterocycles. The molecule has 2 rings (SSSR count). The molecule has 0 spiro atoms. The Labute approximate surface area is 128 Å². The van der Waals surface area contributed by atoms with Crippen molar-refractivity contribution in [3.63, 3.8) is 0 Å². The van der Waals surface area contributed by atoms with E-state index in [4.69, 9.17) is 0 Å². The minimum atomic E-state index is -2.87. The van der Waals surface area contributed by atoms with Crippen molar-refractivity contribution in [2.75, 3.05) is 19.1 Å². The van der Waals surface area contributed by atoms with Gasteiger partial charge >= 0.3 is 0 Å². The first-order valence-corrected chi connectivity index (χ1v) is 11.0. The lowest BCUT2D eigenvalue weighted by atomic mass is 9.84.